The van der Waals surface area contributed by atoms with Crippen LogP contribution in [0.5, 0.6) is 17.2 Å². The van der Waals surface area contributed by atoms with Crippen LogP contribution < -0.4 is 14.2 Å². The fourth-order valence-electron chi connectivity index (χ4n) is 3.91. The molecule has 1 N–H and O–H groups in total. The highest BCUT2D eigenvalue weighted by atomic mass is 16.5. The van der Waals surface area contributed by atoms with E-state index in [1.54, 1.807) is 54.6 Å². The van der Waals surface area contributed by atoms with Gasteiger partial charge in [0.05, 0.1) is 45.8 Å². The van der Waals surface area contributed by atoms with Crippen molar-refractivity contribution in [2.45, 2.75) is 12.6 Å². The van der Waals surface area contributed by atoms with Crippen molar-refractivity contribution in [3.05, 3.63) is 83.3 Å². The van der Waals surface area contributed by atoms with Crippen LogP contribution in [-0.2, 0) is 16.1 Å². The highest BCUT2D eigenvalue weighted by Gasteiger charge is 2.46. The van der Waals surface area contributed by atoms with Gasteiger partial charge in [-0.25, -0.2) is 0 Å². The van der Waals surface area contributed by atoms with Crippen molar-refractivity contribution < 1.29 is 33.3 Å². The molecule has 2 heterocycles. The van der Waals surface area contributed by atoms with Crippen molar-refractivity contribution in [1.82, 2.24) is 4.90 Å². The predicted molar refractivity (Wildman–Crippen MR) is 119 cm³/mol. The van der Waals surface area contributed by atoms with E-state index >= 15 is 0 Å². The Kier molecular flexibility index (Phi) is 6.08. The molecule has 1 aliphatic rings. The Morgan fingerprint density at radius 3 is 2.42 bits per heavy atom. The Morgan fingerprint density at radius 2 is 1.76 bits per heavy atom. The number of amides is 1. The number of likely N-dealkylation sites (tertiary alicyclic amines) is 1. The van der Waals surface area contributed by atoms with E-state index < -0.39 is 17.7 Å². The molecule has 170 valence electrons. The Morgan fingerprint density at radius 1 is 0.970 bits per heavy atom. The summed E-state index contributed by atoms with van der Waals surface area (Å²) in [7, 11) is 4.52. The quantitative estimate of drug-likeness (QED) is 0.332. The molecule has 8 heteroatoms. The second-order valence-electron chi connectivity index (χ2n) is 7.35. The first-order valence-corrected chi connectivity index (χ1v) is 10.2. The van der Waals surface area contributed by atoms with Crippen molar-refractivity contribution >= 4 is 17.4 Å². The van der Waals surface area contributed by atoms with Gasteiger partial charge in [-0.05, 0) is 42.0 Å². The maximum absolute atomic E-state index is 13.1. The van der Waals surface area contributed by atoms with Crippen LogP contribution in [0.3, 0.4) is 0 Å². The molecule has 1 unspecified atom stereocenters. The van der Waals surface area contributed by atoms with E-state index in [2.05, 4.69) is 0 Å². The van der Waals surface area contributed by atoms with Gasteiger partial charge >= 0.3 is 0 Å². The molecule has 0 aliphatic carbocycles. The summed E-state index contributed by atoms with van der Waals surface area (Å²) >= 11 is 0. The Balaban J connectivity index is 1.90. The molecule has 1 amide bonds. The second kappa shape index (κ2) is 9.12. The van der Waals surface area contributed by atoms with E-state index in [0.717, 1.165) is 0 Å². The predicted octanol–water partition coefficient (Wildman–Crippen LogP) is 3.93. The minimum absolute atomic E-state index is 0.0352. The maximum Gasteiger partial charge on any atom is 0.296 e. The summed E-state index contributed by atoms with van der Waals surface area (Å²) in [6.45, 7) is 0.0471. The van der Waals surface area contributed by atoms with Crippen LogP contribution in [0.15, 0.2) is 70.9 Å². The number of hydrogen-bond acceptors (Lipinski definition) is 7. The molecule has 1 fully saturated rings. The summed E-state index contributed by atoms with van der Waals surface area (Å²) < 4.78 is 21.4. The van der Waals surface area contributed by atoms with Gasteiger partial charge in [-0.15, -0.1) is 0 Å². The summed E-state index contributed by atoms with van der Waals surface area (Å²) in [5.74, 6) is 0.110. The van der Waals surface area contributed by atoms with E-state index in [4.69, 9.17) is 18.6 Å². The smallest absolute Gasteiger partial charge is 0.296 e. The molecule has 4 rings (SSSR count). The van der Waals surface area contributed by atoms with Crippen molar-refractivity contribution in [2.24, 2.45) is 0 Å². The number of aliphatic hydroxyl groups excluding tert-OH is 1. The number of benzene rings is 2. The minimum atomic E-state index is -0.874. The number of carbonyl (C=O) groups is 2. The SMILES string of the molecule is COc1cccc(C(O)=C2C(=O)C(=O)N(Cc3ccco3)C2c2ccc(OC)c(OC)c2)c1. The van der Waals surface area contributed by atoms with Crippen LogP contribution in [0.2, 0.25) is 0 Å². The summed E-state index contributed by atoms with van der Waals surface area (Å²) in [4.78, 5) is 27.6. The first kappa shape index (κ1) is 22.0. The first-order valence-electron chi connectivity index (χ1n) is 10.2. The van der Waals surface area contributed by atoms with Gasteiger partial charge in [0.15, 0.2) is 11.5 Å². The third-order valence-corrected chi connectivity index (χ3v) is 5.51. The van der Waals surface area contributed by atoms with E-state index in [9.17, 15) is 14.7 Å². The number of methoxy groups -OCH3 is 3. The van der Waals surface area contributed by atoms with E-state index in [0.29, 0.717) is 34.1 Å². The van der Waals surface area contributed by atoms with Crippen molar-refractivity contribution in [3.8, 4) is 17.2 Å². The number of ether oxygens (including phenoxy) is 3. The average molecular weight is 449 g/mol. The number of furan rings is 1. The first-order chi connectivity index (χ1) is 16.0. The van der Waals surface area contributed by atoms with Gasteiger partial charge in [0.25, 0.3) is 11.7 Å². The van der Waals surface area contributed by atoms with Gasteiger partial charge in [0.2, 0.25) is 0 Å². The fourth-order valence-corrected chi connectivity index (χ4v) is 3.91. The molecular weight excluding hydrogens is 426 g/mol. The number of nitrogens with zero attached hydrogens (tertiary/aromatic N) is 1. The van der Waals surface area contributed by atoms with Gasteiger partial charge in [0, 0.05) is 5.56 Å². The van der Waals surface area contributed by atoms with Crippen LogP contribution in [-0.4, -0.2) is 43.0 Å². The molecule has 1 saturated heterocycles. The topological polar surface area (TPSA) is 98.4 Å². The van der Waals surface area contributed by atoms with Crippen LogP contribution in [0.25, 0.3) is 5.76 Å². The molecule has 1 atom stereocenters. The van der Waals surface area contributed by atoms with Gasteiger partial charge in [-0.2, -0.15) is 0 Å². The molecule has 0 spiro atoms. The Hall–Kier alpha value is -4.20. The number of carbonyl (C=O) groups excluding carboxylic acids is 2. The highest BCUT2D eigenvalue weighted by molar-refractivity contribution is 6.46. The monoisotopic (exact) mass is 449 g/mol. The molecule has 1 aliphatic heterocycles. The zero-order chi connectivity index (χ0) is 23.5. The number of Topliss-reactive ketones (excluding diaryl/α,β-unsaturated/α-hetero) is 1. The highest BCUT2D eigenvalue weighted by Crippen LogP contribution is 2.42. The van der Waals surface area contributed by atoms with Crippen LogP contribution in [0.4, 0.5) is 0 Å². The largest absolute Gasteiger partial charge is 0.507 e. The number of ketones is 1. The number of rotatable bonds is 7. The third-order valence-electron chi connectivity index (χ3n) is 5.51. The normalized spacial score (nSPS) is 17.3. The molecule has 3 aromatic rings. The zero-order valence-corrected chi connectivity index (χ0v) is 18.4. The van der Waals surface area contributed by atoms with Crippen LogP contribution in [0, 0.1) is 0 Å². The fraction of sp³-hybridized carbons (Fsp3) is 0.200. The van der Waals surface area contributed by atoms with Crippen LogP contribution in [0.1, 0.15) is 22.9 Å². The Labute approximate surface area is 190 Å². The number of hydrogen-bond donors (Lipinski definition) is 1. The average Bonchev–Trinajstić information content (AvgIpc) is 3.45. The molecule has 0 bridgehead atoms. The molecular formula is C25H23NO7. The van der Waals surface area contributed by atoms with Crippen molar-refractivity contribution in [2.75, 3.05) is 21.3 Å². The summed E-state index contributed by atoms with van der Waals surface area (Å²) in [6, 6.07) is 14.3. The van der Waals surface area contributed by atoms with Crippen molar-refractivity contribution in [1.29, 1.82) is 0 Å². The second-order valence-corrected chi connectivity index (χ2v) is 7.35. The molecule has 8 nitrogen and oxygen atoms in total. The van der Waals surface area contributed by atoms with Crippen molar-refractivity contribution in [3.63, 3.8) is 0 Å². The molecule has 1 aromatic heterocycles. The lowest BCUT2D eigenvalue weighted by atomic mass is 9.95. The van der Waals surface area contributed by atoms with E-state index in [1.807, 2.05) is 0 Å². The zero-order valence-electron chi connectivity index (χ0n) is 18.4. The number of aliphatic hydroxyl groups is 1. The van der Waals surface area contributed by atoms with Gasteiger partial charge in [-0.3, -0.25) is 9.59 Å². The molecule has 2 aromatic carbocycles. The lowest BCUT2D eigenvalue weighted by Gasteiger charge is -2.25. The van der Waals surface area contributed by atoms with E-state index in [1.165, 1.54) is 32.5 Å². The molecule has 0 radical (unpaired) electrons. The Bertz CT molecular complexity index is 1210. The summed E-state index contributed by atoms with van der Waals surface area (Å²) in [5, 5.41) is 11.2. The van der Waals surface area contributed by atoms with E-state index in [-0.39, 0.29) is 17.9 Å². The summed E-state index contributed by atoms with van der Waals surface area (Å²) in [5.41, 5.74) is 0.894. The maximum atomic E-state index is 13.1. The molecule has 33 heavy (non-hydrogen) atoms. The van der Waals surface area contributed by atoms with Crippen LogP contribution >= 0.6 is 0 Å². The van der Waals surface area contributed by atoms with Gasteiger partial charge in [-0.1, -0.05) is 18.2 Å². The standard InChI is InChI=1S/C25H23NO7/c1-30-17-7-4-6-16(12-17)23(27)21-22(15-9-10-19(31-2)20(13-15)32-3)26(25(29)24(21)28)14-18-8-5-11-33-18/h4-13,22,27H,14H2,1-3H3. The minimum Gasteiger partial charge on any atom is -0.507 e. The lowest BCUT2D eigenvalue weighted by Crippen LogP contribution is -2.29. The summed E-state index contributed by atoms with van der Waals surface area (Å²) in [6.07, 6.45) is 1.49. The molecule has 0 saturated carbocycles. The van der Waals surface area contributed by atoms with Gasteiger partial charge < -0.3 is 28.6 Å². The van der Waals surface area contributed by atoms with Gasteiger partial charge in [0.1, 0.15) is 17.3 Å². The third kappa shape index (κ3) is 4.03. The lowest BCUT2D eigenvalue weighted by molar-refractivity contribution is -0.140.